The van der Waals surface area contributed by atoms with E-state index < -0.39 is 35.6 Å². The summed E-state index contributed by atoms with van der Waals surface area (Å²) < 4.78 is 5.36. The van der Waals surface area contributed by atoms with E-state index in [1.54, 1.807) is 25.7 Å². The molecule has 9 heteroatoms. The fourth-order valence-corrected chi connectivity index (χ4v) is 4.15. The average Bonchev–Trinajstić information content (AvgIpc) is 3.66. The fourth-order valence-electron chi connectivity index (χ4n) is 4.15. The Kier molecular flexibility index (Phi) is 9.14. The number of hydrogen-bond acceptors (Lipinski definition) is 5. The van der Waals surface area contributed by atoms with Gasteiger partial charge in [0.2, 0.25) is 11.8 Å². The zero-order valence-corrected chi connectivity index (χ0v) is 22.7. The number of amides is 4. The Morgan fingerprint density at radius 3 is 2.21 bits per heavy atom. The standard InChI is InChI=1S/C29H38N4O5/c1-18-10-12-20(13-11-18)25(26(35)31-22-9-7-6-8-19(22)2)33(21-14-15-21)27(36)23(16-17-24(30)34)32-28(37)38-29(3,4)5/h6-13,21,23,25H,14-17H2,1-5H3,(H2,30,34)(H,31,35)(H,32,37). The van der Waals surface area contributed by atoms with Crippen molar-refractivity contribution < 1.29 is 23.9 Å². The molecule has 1 aliphatic carbocycles. The topological polar surface area (TPSA) is 131 Å². The van der Waals surface area contributed by atoms with Gasteiger partial charge >= 0.3 is 6.09 Å². The van der Waals surface area contributed by atoms with E-state index in [2.05, 4.69) is 10.6 Å². The molecule has 2 aromatic carbocycles. The number of hydrogen-bond donors (Lipinski definition) is 3. The quantitative estimate of drug-likeness (QED) is 0.432. The van der Waals surface area contributed by atoms with Crippen LogP contribution in [-0.4, -0.2) is 46.4 Å². The van der Waals surface area contributed by atoms with Crippen LogP contribution in [0, 0.1) is 13.8 Å². The normalized spacial score (nSPS) is 14.7. The maximum Gasteiger partial charge on any atom is 0.408 e. The number of aryl methyl sites for hydroxylation is 2. The number of benzene rings is 2. The van der Waals surface area contributed by atoms with Crippen LogP contribution in [0.5, 0.6) is 0 Å². The van der Waals surface area contributed by atoms with E-state index in [0.717, 1.165) is 24.0 Å². The van der Waals surface area contributed by atoms with Crippen LogP contribution in [0.1, 0.15) is 69.2 Å². The van der Waals surface area contributed by atoms with E-state index in [9.17, 15) is 19.2 Å². The Morgan fingerprint density at radius 2 is 1.66 bits per heavy atom. The molecule has 0 radical (unpaired) electrons. The van der Waals surface area contributed by atoms with Crippen LogP contribution in [0.25, 0.3) is 0 Å². The zero-order valence-electron chi connectivity index (χ0n) is 22.7. The summed E-state index contributed by atoms with van der Waals surface area (Å²) in [7, 11) is 0. The van der Waals surface area contributed by atoms with Crippen LogP contribution in [0.4, 0.5) is 10.5 Å². The smallest absolute Gasteiger partial charge is 0.408 e. The summed E-state index contributed by atoms with van der Waals surface area (Å²) in [6.07, 6.45) is 0.528. The number of carbonyl (C=O) groups excluding carboxylic acids is 4. The van der Waals surface area contributed by atoms with Crippen molar-refractivity contribution in [3.8, 4) is 0 Å². The highest BCUT2D eigenvalue weighted by molar-refractivity contribution is 5.99. The van der Waals surface area contributed by atoms with Gasteiger partial charge < -0.3 is 26.0 Å². The summed E-state index contributed by atoms with van der Waals surface area (Å²) in [6.45, 7) is 8.98. The molecule has 1 fully saturated rings. The molecule has 0 spiro atoms. The van der Waals surface area contributed by atoms with Gasteiger partial charge in [0.05, 0.1) is 0 Å². The lowest BCUT2D eigenvalue weighted by Gasteiger charge is -2.35. The summed E-state index contributed by atoms with van der Waals surface area (Å²) in [5.74, 6) is -1.43. The van der Waals surface area contributed by atoms with Gasteiger partial charge in [-0.3, -0.25) is 14.4 Å². The van der Waals surface area contributed by atoms with Gasteiger partial charge in [0.25, 0.3) is 5.91 Å². The predicted molar refractivity (Wildman–Crippen MR) is 145 cm³/mol. The summed E-state index contributed by atoms with van der Waals surface area (Å²) in [5, 5.41) is 5.60. The van der Waals surface area contributed by atoms with Crippen molar-refractivity contribution >= 4 is 29.5 Å². The summed E-state index contributed by atoms with van der Waals surface area (Å²) >= 11 is 0. The number of alkyl carbamates (subject to hydrolysis) is 1. The van der Waals surface area contributed by atoms with E-state index in [0.29, 0.717) is 11.3 Å². The molecule has 204 valence electrons. The monoisotopic (exact) mass is 522 g/mol. The molecule has 3 rings (SSSR count). The molecule has 4 N–H and O–H groups in total. The lowest BCUT2D eigenvalue weighted by molar-refractivity contribution is -0.141. The van der Waals surface area contributed by atoms with Crippen molar-refractivity contribution in [1.82, 2.24) is 10.2 Å². The first-order valence-corrected chi connectivity index (χ1v) is 12.9. The van der Waals surface area contributed by atoms with Gasteiger partial charge in [-0.15, -0.1) is 0 Å². The maximum absolute atomic E-state index is 14.1. The van der Waals surface area contributed by atoms with Crippen molar-refractivity contribution in [1.29, 1.82) is 0 Å². The average molecular weight is 523 g/mol. The Hall–Kier alpha value is -3.88. The first kappa shape index (κ1) is 28.7. The van der Waals surface area contributed by atoms with E-state index in [1.807, 2.05) is 62.4 Å². The third kappa shape index (κ3) is 8.06. The molecule has 2 atom stereocenters. The molecular formula is C29H38N4O5. The number of nitrogens with one attached hydrogen (secondary N) is 2. The predicted octanol–water partition coefficient (Wildman–Crippen LogP) is 4.13. The van der Waals surface area contributed by atoms with Crippen LogP contribution >= 0.6 is 0 Å². The number of carbonyl (C=O) groups is 4. The van der Waals surface area contributed by atoms with Gasteiger partial charge in [-0.2, -0.15) is 0 Å². The van der Waals surface area contributed by atoms with Crippen molar-refractivity contribution in [2.24, 2.45) is 5.73 Å². The molecule has 0 saturated heterocycles. The van der Waals surface area contributed by atoms with Crippen molar-refractivity contribution in [3.63, 3.8) is 0 Å². The van der Waals surface area contributed by atoms with Gasteiger partial charge in [-0.05, 0) is 71.1 Å². The molecule has 0 bridgehead atoms. The number of anilines is 1. The lowest BCUT2D eigenvalue weighted by atomic mass is 10.00. The number of rotatable bonds is 10. The molecule has 2 aromatic rings. The number of ether oxygens (including phenoxy) is 1. The lowest BCUT2D eigenvalue weighted by Crippen LogP contribution is -2.53. The molecule has 9 nitrogen and oxygen atoms in total. The van der Waals surface area contributed by atoms with E-state index in [4.69, 9.17) is 10.5 Å². The van der Waals surface area contributed by atoms with Crippen LogP contribution < -0.4 is 16.4 Å². The molecule has 0 aromatic heterocycles. The Balaban J connectivity index is 1.98. The third-order valence-electron chi connectivity index (χ3n) is 6.19. The molecule has 0 heterocycles. The molecule has 0 aliphatic heterocycles. The first-order valence-electron chi connectivity index (χ1n) is 12.9. The largest absolute Gasteiger partial charge is 0.444 e. The first-order chi connectivity index (χ1) is 17.9. The highest BCUT2D eigenvalue weighted by atomic mass is 16.6. The second-order valence-electron chi connectivity index (χ2n) is 10.8. The minimum atomic E-state index is -1.10. The second-order valence-corrected chi connectivity index (χ2v) is 10.8. The van der Waals surface area contributed by atoms with E-state index in [-0.39, 0.29) is 24.8 Å². The van der Waals surface area contributed by atoms with Gasteiger partial charge in [-0.25, -0.2) is 4.79 Å². The number of primary amides is 1. The minimum Gasteiger partial charge on any atom is -0.444 e. The number of nitrogens with two attached hydrogens (primary N) is 1. The van der Waals surface area contributed by atoms with E-state index in [1.165, 1.54) is 0 Å². The molecule has 38 heavy (non-hydrogen) atoms. The highest BCUT2D eigenvalue weighted by Crippen LogP contribution is 2.36. The van der Waals surface area contributed by atoms with Gasteiger partial charge in [0.15, 0.2) is 0 Å². The second kappa shape index (κ2) is 12.1. The minimum absolute atomic E-state index is 0.0172. The summed E-state index contributed by atoms with van der Waals surface area (Å²) in [5.41, 5.74) is 7.78. The molecule has 2 unspecified atom stereocenters. The van der Waals surface area contributed by atoms with Crippen molar-refractivity contribution in [3.05, 3.63) is 65.2 Å². The van der Waals surface area contributed by atoms with Crippen molar-refractivity contribution in [2.75, 3.05) is 5.32 Å². The van der Waals surface area contributed by atoms with Crippen molar-refractivity contribution in [2.45, 2.75) is 84.0 Å². The van der Waals surface area contributed by atoms with Crippen LogP contribution in [-0.2, 0) is 19.1 Å². The highest BCUT2D eigenvalue weighted by Gasteiger charge is 2.44. The number of nitrogens with zero attached hydrogens (tertiary/aromatic N) is 1. The molecule has 4 amide bonds. The fraction of sp³-hybridized carbons (Fsp3) is 0.448. The molecular weight excluding hydrogens is 484 g/mol. The number of para-hydroxylation sites is 1. The summed E-state index contributed by atoms with van der Waals surface area (Å²) in [4.78, 5) is 53.6. The van der Waals surface area contributed by atoms with Crippen LogP contribution in [0.15, 0.2) is 48.5 Å². The van der Waals surface area contributed by atoms with Gasteiger partial charge in [0.1, 0.15) is 17.7 Å². The Morgan fingerprint density at radius 1 is 1.03 bits per heavy atom. The molecule has 1 saturated carbocycles. The van der Waals surface area contributed by atoms with Gasteiger partial charge in [-0.1, -0.05) is 48.0 Å². The van der Waals surface area contributed by atoms with Crippen LogP contribution in [0.2, 0.25) is 0 Å². The SMILES string of the molecule is Cc1ccc(C(C(=O)Nc2ccccc2C)N(C(=O)C(CCC(N)=O)NC(=O)OC(C)(C)C)C2CC2)cc1. The molecule has 1 aliphatic rings. The zero-order chi connectivity index (χ0) is 28.0. The Labute approximate surface area is 224 Å². The van der Waals surface area contributed by atoms with Crippen LogP contribution in [0.3, 0.4) is 0 Å². The maximum atomic E-state index is 14.1. The van der Waals surface area contributed by atoms with Gasteiger partial charge in [0, 0.05) is 18.2 Å². The third-order valence-corrected chi connectivity index (χ3v) is 6.19. The van der Waals surface area contributed by atoms with E-state index >= 15 is 0 Å². The summed E-state index contributed by atoms with van der Waals surface area (Å²) in [6, 6.07) is 12.6. The Bertz CT molecular complexity index is 1170.